The maximum atomic E-state index is 9.52. The van der Waals surface area contributed by atoms with Crippen LogP contribution in [0.2, 0.25) is 0 Å². The molecule has 0 bridgehead atoms. The van der Waals surface area contributed by atoms with E-state index in [1.54, 1.807) is 6.20 Å². The maximum absolute atomic E-state index is 9.52. The number of hydrogen-bond donors (Lipinski definition) is 2. The van der Waals surface area contributed by atoms with Gasteiger partial charge in [-0.05, 0) is 47.3 Å². The molecular weight excluding hydrogens is 268 g/mol. The van der Waals surface area contributed by atoms with Gasteiger partial charge in [-0.1, -0.05) is 12.8 Å². The van der Waals surface area contributed by atoms with Crippen LogP contribution >= 0.6 is 15.9 Å². The summed E-state index contributed by atoms with van der Waals surface area (Å²) in [6, 6.07) is 2.04. The quantitative estimate of drug-likeness (QED) is 0.897. The zero-order valence-electron chi connectivity index (χ0n) is 9.46. The Morgan fingerprint density at radius 1 is 1.50 bits per heavy atom. The van der Waals surface area contributed by atoms with Gasteiger partial charge in [-0.15, -0.1) is 0 Å². The molecule has 0 unspecified atom stereocenters. The van der Waals surface area contributed by atoms with Gasteiger partial charge >= 0.3 is 0 Å². The summed E-state index contributed by atoms with van der Waals surface area (Å²) >= 11 is 3.40. The van der Waals surface area contributed by atoms with Gasteiger partial charge in [0.25, 0.3) is 0 Å². The van der Waals surface area contributed by atoms with Crippen LogP contribution < -0.4 is 5.32 Å². The van der Waals surface area contributed by atoms with Gasteiger partial charge in [0.05, 0.1) is 12.1 Å². The van der Waals surface area contributed by atoms with Crippen LogP contribution in [0.3, 0.4) is 0 Å². The van der Waals surface area contributed by atoms with E-state index in [-0.39, 0.29) is 12.1 Å². The van der Waals surface area contributed by atoms with Crippen molar-refractivity contribution >= 4 is 21.7 Å². The van der Waals surface area contributed by atoms with Crippen LogP contribution in [0.25, 0.3) is 0 Å². The third kappa shape index (κ3) is 2.38. The molecule has 1 aromatic heterocycles. The molecule has 0 atom stereocenters. The number of rotatable bonds is 3. The highest BCUT2D eigenvalue weighted by Crippen LogP contribution is 2.33. The Hall–Kier alpha value is -0.610. The number of hydrogen-bond acceptors (Lipinski definition) is 3. The molecule has 1 heterocycles. The highest BCUT2D eigenvalue weighted by molar-refractivity contribution is 9.10. The van der Waals surface area contributed by atoms with Crippen molar-refractivity contribution in [3.8, 4) is 0 Å². The van der Waals surface area contributed by atoms with E-state index in [1.165, 1.54) is 12.8 Å². The fraction of sp³-hybridized carbons (Fsp3) is 0.583. The molecule has 0 aliphatic heterocycles. The summed E-state index contributed by atoms with van der Waals surface area (Å²) in [5, 5.41) is 12.9. The lowest BCUT2D eigenvalue weighted by Gasteiger charge is -2.29. The molecule has 0 aromatic carbocycles. The van der Waals surface area contributed by atoms with E-state index in [1.807, 2.05) is 13.0 Å². The van der Waals surface area contributed by atoms with E-state index >= 15 is 0 Å². The van der Waals surface area contributed by atoms with Crippen LogP contribution in [-0.2, 0) is 0 Å². The Labute approximate surface area is 104 Å². The minimum absolute atomic E-state index is 0.147. The van der Waals surface area contributed by atoms with Crippen molar-refractivity contribution in [3.63, 3.8) is 0 Å². The van der Waals surface area contributed by atoms with Crippen LogP contribution in [-0.4, -0.2) is 22.2 Å². The zero-order chi connectivity index (χ0) is 11.6. The van der Waals surface area contributed by atoms with E-state index < -0.39 is 0 Å². The Bertz CT molecular complexity index is 375. The molecule has 0 radical (unpaired) electrons. The highest BCUT2D eigenvalue weighted by Gasteiger charge is 2.33. The van der Waals surface area contributed by atoms with Crippen molar-refractivity contribution in [2.24, 2.45) is 0 Å². The summed E-state index contributed by atoms with van der Waals surface area (Å²) in [5.74, 6) is 0.888. The first-order valence-electron chi connectivity index (χ1n) is 5.66. The summed E-state index contributed by atoms with van der Waals surface area (Å²) in [5.41, 5.74) is 0.958. The summed E-state index contributed by atoms with van der Waals surface area (Å²) in [4.78, 5) is 4.37. The summed E-state index contributed by atoms with van der Waals surface area (Å²) in [7, 11) is 0. The number of anilines is 1. The molecule has 16 heavy (non-hydrogen) atoms. The molecule has 2 rings (SSSR count). The molecule has 88 valence electrons. The third-order valence-corrected chi connectivity index (χ3v) is 3.73. The second-order valence-corrected chi connectivity index (χ2v) is 5.51. The first kappa shape index (κ1) is 11.9. The van der Waals surface area contributed by atoms with E-state index in [0.29, 0.717) is 0 Å². The molecule has 3 nitrogen and oxygen atoms in total. The number of halogens is 1. The standard InChI is InChI=1S/C12H17BrN2O/c1-9-6-10(13)7-14-11(9)15-12(8-16)4-2-3-5-12/h6-7,16H,2-5,8H2,1H3,(H,14,15). The lowest BCUT2D eigenvalue weighted by Crippen LogP contribution is -2.39. The van der Waals surface area contributed by atoms with Crippen molar-refractivity contribution in [1.29, 1.82) is 0 Å². The smallest absolute Gasteiger partial charge is 0.129 e. The number of aromatic nitrogens is 1. The Morgan fingerprint density at radius 3 is 2.75 bits per heavy atom. The molecule has 0 amide bonds. The van der Waals surface area contributed by atoms with E-state index in [0.717, 1.165) is 28.7 Å². The number of nitrogens with one attached hydrogen (secondary N) is 1. The predicted molar refractivity (Wildman–Crippen MR) is 68.6 cm³/mol. The van der Waals surface area contributed by atoms with Crippen molar-refractivity contribution in [1.82, 2.24) is 4.98 Å². The van der Waals surface area contributed by atoms with E-state index in [2.05, 4.69) is 26.2 Å². The minimum atomic E-state index is -0.147. The van der Waals surface area contributed by atoms with Gasteiger partial charge in [0.2, 0.25) is 0 Å². The normalized spacial score (nSPS) is 18.7. The molecule has 1 aliphatic rings. The molecule has 0 spiro atoms. The minimum Gasteiger partial charge on any atom is -0.394 e. The number of nitrogens with zero attached hydrogens (tertiary/aromatic N) is 1. The van der Waals surface area contributed by atoms with Gasteiger partial charge in [0.15, 0.2) is 0 Å². The van der Waals surface area contributed by atoms with Gasteiger partial charge in [-0.3, -0.25) is 0 Å². The van der Waals surface area contributed by atoms with Crippen molar-refractivity contribution < 1.29 is 5.11 Å². The van der Waals surface area contributed by atoms with Crippen molar-refractivity contribution in [3.05, 3.63) is 22.3 Å². The highest BCUT2D eigenvalue weighted by atomic mass is 79.9. The first-order chi connectivity index (χ1) is 7.65. The molecule has 1 aliphatic carbocycles. The lowest BCUT2D eigenvalue weighted by molar-refractivity contribution is 0.213. The Balaban J connectivity index is 2.19. The fourth-order valence-corrected chi connectivity index (χ4v) is 2.74. The SMILES string of the molecule is Cc1cc(Br)cnc1NC1(CO)CCCC1. The molecule has 1 aromatic rings. The zero-order valence-corrected chi connectivity index (χ0v) is 11.0. The van der Waals surface area contributed by atoms with Crippen LogP contribution in [0.15, 0.2) is 16.7 Å². The Kier molecular flexibility index (Phi) is 3.50. The molecule has 2 N–H and O–H groups in total. The van der Waals surface area contributed by atoms with Crippen molar-refractivity contribution in [2.75, 3.05) is 11.9 Å². The number of aryl methyl sites for hydroxylation is 1. The summed E-state index contributed by atoms with van der Waals surface area (Å²) in [6.45, 7) is 2.21. The van der Waals surface area contributed by atoms with Gasteiger partial charge in [-0.2, -0.15) is 0 Å². The van der Waals surface area contributed by atoms with Crippen LogP contribution in [0, 0.1) is 6.92 Å². The number of pyridine rings is 1. The van der Waals surface area contributed by atoms with Gasteiger partial charge in [0, 0.05) is 10.7 Å². The third-order valence-electron chi connectivity index (χ3n) is 3.29. The van der Waals surface area contributed by atoms with Crippen LogP contribution in [0.4, 0.5) is 5.82 Å². The van der Waals surface area contributed by atoms with Crippen LogP contribution in [0.1, 0.15) is 31.2 Å². The summed E-state index contributed by atoms with van der Waals surface area (Å²) < 4.78 is 0.986. The fourth-order valence-electron chi connectivity index (χ4n) is 2.30. The molecule has 4 heteroatoms. The van der Waals surface area contributed by atoms with Gasteiger partial charge < -0.3 is 10.4 Å². The largest absolute Gasteiger partial charge is 0.394 e. The maximum Gasteiger partial charge on any atom is 0.129 e. The Morgan fingerprint density at radius 2 is 2.19 bits per heavy atom. The van der Waals surface area contributed by atoms with Gasteiger partial charge in [0.1, 0.15) is 5.82 Å². The molecule has 1 saturated carbocycles. The van der Waals surface area contributed by atoms with Crippen molar-refractivity contribution in [2.45, 2.75) is 38.1 Å². The topological polar surface area (TPSA) is 45.2 Å². The molecule has 0 saturated heterocycles. The molecular formula is C12H17BrN2O. The second kappa shape index (κ2) is 4.72. The first-order valence-corrected chi connectivity index (χ1v) is 6.46. The number of aliphatic hydroxyl groups is 1. The monoisotopic (exact) mass is 284 g/mol. The van der Waals surface area contributed by atoms with Crippen LogP contribution in [0.5, 0.6) is 0 Å². The second-order valence-electron chi connectivity index (χ2n) is 4.59. The van der Waals surface area contributed by atoms with E-state index in [9.17, 15) is 5.11 Å². The molecule has 1 fully saturated rings. The average molecular weight is 285 g/mol. The number of aliphatic hydroxyl groups excluding tert-OH is 1. The predicted octanol–water partition coefficient (Wildman–Crippen LogP) is 2.87. The summed E-state index contributed by atoms with van der Waals surface area (Å²) in [6.07, 6.45) is 6.21. The van der Waals surface area contributed by atoms with E-state index in [4.69, 9.17) is 0 Å². The lowest BCUT2D eigenvalue weighted by atomic mass is 9.98. The average Bonchev–Trinajstić information content (AvgIpc) is 2.72. The van der Waals surface area contributed by atoms with Gasteiger partial charge in [-0.25, -0.2) is 4.98 Å².